The number of ether oxygens (including phenoxy) is 1. The molecule has 0 aliphatic carbocycles. The van der Waals surface area contributed by atoms with Crippen LogP contribution in [-0.4, -0.2) is 35.6 Å². The van der Waals surface area contributed by atoms with Crippen molar-refractivity contribution in [3.63, 3.8) is 0 Å². The second-order valence-corrected chi connectivity index (χ2v) is 5.47. The zero-order valence-corrected chi connectivity index (χ0v) is 11.6. The van der Waals surface area contributed by atoms with Crippen LogP contribution >= 0.6 is 11.3 Å². The minimum atomic E-state index is -0.326. The number of aromatic nitrogens is 2. The zero-order valence-electron chi connectivity index (χ0n) is 10.8. The molecule has 6 heteroatoms. The largest absolute Gasteiger partial charge is 0.462 e. The molecule has 0 aromatic carbocycles. The van der Waals surface area contributed by atoms with E-state index in [1.807, 2.05) is 6.07 Å². The Labute approximate surface area is 115 Å². The first-order valence-corrected chi connectivity index (χ1v) is 7.28. The quantitative estimate of drug-likeness (QED) is 0.807. The third-order valence-corrected chi connectivity index (χ3v) is 4.18. The van der Waals surface area contributed by atoms with E-state index in [-0.39, 0.29) is 5.97 Å². The Balaban J connectivity index is 1.92. The molecule has 1 fully saturated rings. The van der Waals surface area contributed by atoms with Gasteiger partial charge in [0.2, 0.25) is 0 Å². The Morgan fingerprint density at radius 2 is 2.26 bits per heavy atom. The van der Waals surface area contributed by atoms with Crippen LogP contribution in [0.25, 0.3) is 10.3 Å². The number of hydrogen-bond acceptors (Lipinski definition) is 6. The Morgan fingerprint density at radius 3 is 3.00 bits per heavy atom. The number of carbonyl (C=O) groups excluding carboxylic acids is 1. The summed E-state index contributed by atoms with van der Waals surface area (Å²) in [6.45, 7) is 4.29. The van der Waals surface area contributed by atoms with Crippen LogP contribution in [0.15, 0.2) is 12.3 Å². The highest BCUT2D eigenvalue weighted by atomic mass is 32.1. The van der Waals surface area contributed by atoms with Crippen LogP contribution < -0.4 is 4.90 Å². The fraction of sp³-hybridized carbons (Fsp3) is 0.462. The van der Waals surface area contributed by atoms with E-state index in [4.69, 9.17) is 4.74 Å². The molecule has 0 atom stereocenters. The minimum Gasteiger partial charge on any atom is -0.462 e. The number of thiazole rings is 1. The van der Waals surface area contributed by atoms with Crippen LogP contribution in [0.4, 0.5) is 5.13 Å². The maximum Gasteiger partial charge on any atom is 0.339 e. The Hall–Kier alpha value is -1.69. The third kappa shape index (κ3) is 2.40. The van der Waals surface area contributed by atoms with Gasteiger partial charge < -0.3 is 9.64 Å². The molecule has 0 amide bonds. The first kappa shape index (κ1) is 12.3. The standard InChI is InChI=1S/C13H15N3O2S/c1-2-18-12(17)9-7-10-11(14-8-9)15-13(19-10)16-5-3-4-6-16/h7-8H,2-6H2,1H3. The summed E-state index contributed by atoms with van der Waals surface area (Å²) in [6.07, 6.45) is 3.97. The van der Waals surface area contributed by atoms with Crippen LogP contribution in [0.3, 0.4) is 0 Å². The van der Waals surface area contributed by atoms with E-state index in [0.29, 0.717) is 17.8 Å². The van der Waals surface area contributed by atoms with Crippen molar-refractivity contribution >= 4 is 32.8 Å². The Kier molecular flexibility index (Phi) is 3.33. The predicted octanol–water partition coefficient (Wildman–Crippen LogP) is 2.47. The lowest BCUT2D eigenvalue weighted by molar-refractivity contribution is 0.0526. The molecule has 1 aliphatic heterocycles. The van der Waals surface area contributed by atoms with Crippen LogP contribution in [0.5, 0.6) is 0 Å². The predicted molar refractivity (Wildman–Crippen MR) is 74.8 cm³/mol. The summed E-state index contributed by atoms with van der Waals surface area (Å²) in [6, 6.07) is 1.82. The van der Waals surface area contributed by atoms with Gasteiger partial charge in [0.25, 0.3) is 0 Å². The molecular formula is C13H15N3O2S. The molecule has 0 bridgehead atoms. The molecule has 2 aromatic rings. The SMILES string of the molecule is CCOC(=O)c1cnc2nc(N3CCCC3)sc2c1. The van der Waals surface area contributed by atoms with Gasteiger partial charge in [-0.3, -0.25) is 0 Å². The van der Waals surface area contributed by atoms with Gasteiger partial charge in [-0.25, -0.2) is 9.78 Å². The van der Waals surface area contributed by atoms with E-state index in [2.05, 4.69) is 14.9 Å². The first-order valence-electron chi connectivity index (χ1n) is 6.46. The molecule has 0 saturated carbocycles. The average molecular weight is 277 g/mol. The Bertz CT molecular complexity index is 605. The van der Waals surface area contributed by atoms with Crippen molar-refractivity contribution in [2.75, 3.05) is 24.6 Å². The van der Waals surface area contributed by atoms with Crippen molar-refractivity contribution in [2.24, 2.45) is 0 Å². The van der Waals surface area contributed by atoms with Gasteiger partial charge >= 0.3 is 5.97 Å². The number of rotatable bonds is 3. The molecule has 0 radical (unpaired) electrons. The lowest BCUT2D eigenvalue weighted by Gasteiger charge is -2.11. The highest BCUT2D eigenvalue weighted by Crippen LogP contribution is 2.30. The van der Waals surface area contributed by atoms with Crippen LogP contribution in [0.1, 0.15) is 30.1 Å². The fourth-order valence-electron chi connectivity index (χ4n) is 2.18. The molecule has 0 spiro atoms. The number of pyridine rings is 1. The first-order chi connectivity index (χ1) is 9.28. The second kappa shape index (κ2) is 5.13. The maximum absolute atomic E-state index is 11.7. The van der Waals surface area contributed by atoms with Gasteiger partial charge in [0.1, 0.15) is 0 Å². The number of esters is 1. The molecule has 5 nitrogen and oxygen atoms in total. The van der Waals surface area contributed by atoms with Gasteiger partial charge in [-0.05, 0) is 25.8 Å². The lowest BCUT2D eigenvalue weighted by atomic mass is 10.3. The number of hydrogen-bond donors (Lipinski definition) is 0. The van der Waals surface area contributed by atoms with Crippen molar-refractivity contribution in [3.8, 4) is 0 Å². The van der Waals surface area contributed by atoms with E-state index in [1.54, 1.807) is 18.3 Å². The third-order valence-electron chi connectivity index (χ3n) is 3.12. The summed E-state index contributed by atoms with van der Waals surface area (Å²) in [7, 11) is 0. The maximum atomic E-state index is 11.7. The van der Waals surface area contributed by atoms with Crippen molar-refractivity contribution < 1.29 is 9.53 Å². The minimum absolute atomic E-state index is 0.326. The van der Waals surface area contributed by atoms with Crippen molar-refractivity contribution in [1.82, 2.24) is 9.97 Å². The van der Waals surface area contributed by atoms with Gasteiger partial charge in [-0.1, -0.05) is 11.3 Å². The van der Waals surface area contributed by atoms with Crippen molar-refractivity contribution in [2.45, 2.75) is 19.8 Å². The molecule has 100 valence electrons. The molecule has 1 aliphatic rings. The molecule has 2 aromatic heterocycles. The fourth-order valence-corrected chi connectivity index (χ4v) is 3.19. The number of carbonyl (C=O) groups is 1. The topological polar surface area (TPSA) is 55.3 Å². The van der Waals surface area contributed by atoms with Gasteiger partial charge in [-0.2, -0.15) is 4.98 Å². The summed E-state index contributed by atoms with van der Waals surface area (Å²) >= 11 is 1.59. The summed E-state index contributed by atoms with van der Waals surface area (Å²) < 4.78 is 5.92. The van der Waals surface area contributed by atoms with Crippen LogP contribution in [0, 0.1) is 0 Å². The van der Waals surface area contributed by atoms with Gasteiger partial charge in [0.05, 0.1) is 16.9 Å². The second-order valence-electron chi connectivity index (χ2n) is 4.46. The van der Waals surface area contributed by atoms with Crippen LogP contribution in [0.2, 0.25) is 0 Å². The van der Waals surface area contributed by atoms with Gasteiger partial charge in [0.15, 0.2) is 10.8 Å². The normalized spacial score (nSPS) is 15.1. The van der Waals surface area contributed by atoms with E-state index in [1.165, 1.54) is 19.0 Å². The Morgan fingerprint density at radius 1 is 1.47 bits per heavy atom. The molecule has 0 N–H and O–H groups in total. The van der Waals surface area contributed by atoms with E-state index >= 15 is 0 Å². The highest BCUT2D eigenvalue weighted by Gasteiger charge is 2.17. The molecule has 3 rings (SSSR count). The summed E-state index contributed by atoms with van der Waals surface area (Å²) in [5.74, 6) is -0.326. The van der Waals surface area contributed by atoms with Crippen LogP contribution in [-0.2, 0) is 4.74 Å². The highest BCUT2D eigenvalue weighted by molar-refractivity contribution is 7.22. The van der Waals surface area contributed by atoms with E-state index in [0.717, 1.165) is 22.9 Å². The number of anilines is 1. The molecule has 3 heterocycles. The van der Waals surface area contributed by atoms with Gasteiger partial charge in [-0.15, -0.1) is 0 Å². The smallest absolute Gasteiger partial charge is 0.339 e. The molecule has 1 saturated heterocycles. The van der Waals surface area contributed by atoms with E-state index in [9.17, 15) is 4.79 Å². The molecule has 19 heavy (non-hydrogen) atoms. The van der Waals surface area contributed by atoms with Crippen molar-refractivity contribution in [1.29, 1.82) is 0 Å². The summed E-state index contributed by atoms with van der Waals surface area (Å²) in [5.41, 5.74) is 1.20. The number of nitrogens with zero attached hydrogens (tertiary/aromatic N) is 3. The van der Waals surface area contributed by atoms with Crippen molar-refractivity contribution in [3.05, 3.63) is 17.8 Å². The number of fused-ring (bicyclic) bond motifs is 1. The molecular weight excluding hydrogens is 262 g/mol. The monoisotopic (exact) mass is 277 g/mol. The summed E-state index contributed by atoms with van der Waals surface area (Å²) in [5, 5.41) is 1.00. The van der Waals surface area contributed by atoms with E-state index < -0.39 is 0 Å². The zero-order chi connectivity index (χ0) is 13.2. The summed E-state index contributed by atoms with van der Waals surface area (Å²) in [4.78, 5) is 22.7. The molecule has 0 unspecified atom stereocenters. The van der Waals surface area contributed by atoms with Gasteiger partial charge in [0, 0.05) is 19.3 Å². The lowest BCUT2D eigenvalue weighted by Crippen LogP contribution is -2.16. The average Bonchev–Trinajstić information content (AvgIpc) is 3.07.